The van der Waals surface area contributed by atoms with E-state index in [-0.39, 0.29) is 23.8 Å². The highest BCUT2D eigenvalue weighted by Gasteiger charge is 2.30. The number of esters is 1. The lowest BCUT2D eigenvalue weighted by atomic mass is 9.93. The summed E-state index contributed by atoms with van der Waals surface area (Å²) in [6, 6.07) is -0.669. The van der Waals surface area contributed by atoms with Crippen LogP contribution >= 0.6 is 0 Å². The van der Waals surface area contributed by atoms with Gasteiger partial charge in [0.25, 0.3) is 0 Å². The molecule has 0 aliphatic heterocycles. The number of nitrogens with one attached hydrogen (secondary N) is 1. The van der Waals surface area contributed by atoms with Crippen LogP contribution in [0.15, 0.2) is 0 Å². The van der Waals surface area contributed by atoms with Gasteiger partial charge in [-0.25, -0.2) is 4.79 Å². The molecule has 2 unspecified atom stereocenters. The Labute approximate surface area is 121 Å². The van der Waals surface area contributed by atoms with Crippen LogP contribution in [-0.4, -0.2) is 31.1 Å². The number of nitrogens with two attached hydrogens (primary N) is 1. The maximum atomic E-state index is 12.4. The van der Waals surface area contributed by atoms with E-state index < -0.39 is 6.04 Å². The Kier molecular flexibility index (Phi) is 6.99. The molecule has 116 valence electrons. The fourth-order valence-corrected chi connectivity index (χ4v) is 2.77. The van der Waals surface area contributed by atoms with E-state index in [1.54, 1.807) is 0 Å². The summed E-state index contributed by atoms with van der Waals surface area (Å²) >= 11 is 0. The minimum Gasteiger partial charge on any atom is -0.467 e. The molecule has 1 rings (SSSR count). The van der Waals surface area contributed by atoms with Crippen molar-refractivity contribution in [1.29, 1.82) is 0 Å². The van der Waals surface area contributed by atoms with E-state index in [2.05, 4.69) is 5.32 Å². The van der Waals surface area contributed by atoms with Crippen LogP contribution in [0.25, 0.3) is 0 Å². The van der Waals surface area contributed by atoms with E-state index in [1.165, 1.54) is 7.11 Å². The average Bonchev–Trinajstić information content (AvgIpc) is 2.61. The third-order valence-electron chi connectivity index (χ3n) is 3.92. The molecule has 1 aliphatic carbocycles. The highest BCUT2D eigenvalue weighted by Crippen LogP contribution is 2.22. The molecule has 0 bridgehead atoms. The highest BCUT2D eigenvalue weighted by atomic mass is 16.5. The van der Waals surface area contributed by atoms with Crippen LogP contribution in [0, 0.1) is 11.8 Å². The van der Waals surface area contributed by atoms with Crippen molar-refractivity contribution in [3.63, 3.8) is 0 Å². The van der Waals surface area contributed by atoms with Gasteiger partial charge in [0.15, 0.2) is 0 Å². The Bertz CT molecular complexity index is 331. The Morgan fingerprint density at radius 1 is 1.25 bits per heavy atom. The monoisotopic (exact) mass is 284 g/mol. The third kappa shape index (κ3) is 5.12. The van der Waals surface area contributed by atoms with Crippen molar-refractivity contribution < 1.29 is 14.3 Å². The molecule has 0 aromatic heterocycles. The molecule has 1 aliphatic rings. The number of carbonyl (C=O) groups excluding carboxylic acids is 2. The molecule has 1 amide bonds. The Hall–Kier alpha value is -1.10. The lowest BCUT2D eigenvalue weighted by Gasteiger charge is -2.24. The molecule has 20 heavy (non-hydrogen) atoms. The molecule has 1 fully saturated rings. The van der Waals surface area contributed by atoms with E-state index in [9.17, 15) is 9.59 Å². The fraction of sp³-hybridized carbons (Fsp3) is 0.867. The SMILES string of the molecule is COC(=O)[C@H](CC(C)C)NC(=O)C1CCCCCC1N. The second-order valence-electron chi connectivity index (χ2n) is 6.12. The summed E-state index contributed by atoms with van der Waals surface area (Å²) < 4.78 is 4.77. The third-order valence-corrected chi connectivity index (χ3v) is 3.92. The number of hydrogen-bond donors (Lipinski definition) is 2. The van der Waals surface area contributed by atoms with Gasteiger partial charge in [-0.1, -0.05) is 33.1 Å². The minimum absolute atomic E-state index is 0.101. The first-order valence-corrected chi connectivity index (χ1v) is 7.59. The molecule has 0 saturated heterocycles. The zero-order valence-corrected chi connectivity index (χ0v) is 12.9. The van der Waals surface area contributed by atoms with Crippen LogP contribution < -0.4 is 11.1 Å². The molecule has 0 radical (unpaired) electrons. The van der Waals surface area contributed by atoms with Gasteiger partial charge in [0.2, 0.25) is 5.91 Å². The molecule has 5 nitrogen and oxygen atoms in total. The van der Waals surface area contributed by atoms with Gasteiger partial charge in [0, 0.05) is 6.04 Å². The van der Waals surface area contributed by atoms with E-state index in [0.29, 0.717) is 12.3 Å². The van der Waals surface area contributed by atoms with E-state index >= 15 is 0 Å². The van der Waals surface area contributed by atoms with Crippen molar-refractivity contribution in [3.05, 3.63) is 0 Å². The van der Waals surface area contributed by atoms with Crippen molar-refractivity contribution in [1.82, 2.24) is 5.32 Å². The van der Waals surface area contributed by atoms with E-state index in [1.807, 2.05) is 13.8 Å². The molecular weight excluding hydrogens is 256 g/mol. The van der Waals surface area contributed by atoms with Gasteiger partial charge in [0.05, 0.1) is 13.0 Å². The van der Waals surface area contributed by atoms with E-state index in [0.717, 1.165) is 32.1 Å². The summed E-state index contributed by atoms with van der Waals surface area (Å²) in [4.78, 5) is 24.1. The van der Waals surface area contributed by atoms with Crippen LogP contribution in [-0.2, 0) is 14.3 Å². The van der Waals surface area contributed by atoms with Crippen molar-refractivity contribution in [3.8, 4) is 0 Å². The molecule has 3 atom stereocenters. The predicted molar refractivity (Wildman–Crippen MR) is 78.0 cm³/mol. The standard InChI is InChI=1S/C15H28N2O3/c1-10(2)9-13(15(19)20-3)17-14(18)11-7-5-4-6-8-12(11)16/h10-13H,4-9,16H2,1-3H3,(H,17,18)/t11?,12?,13-/m0/s1. The second kappa shape index (κ2) is 8.25. The first-order valence-electron chi connectivity index (χ1n) is 7.59. The lowest BCUT2D eigenvalue weighted by molar-refractivity contribution is -0.146. The second-order valence-corrected chi connectivity index (χ2v) is 6.12. The van der Waals surface area contributed by atoms with Crippen LogP contribution in [0.5, 0.6) is 0 Å². The molecule has 1 saturated carbocycles. The van der Waals surface area contributed by atoms with Crippen molar-refractivity contribution in [2.75, 3.05) is 7.11 Å². The zero-order valence-electron chi connectivity index (χ0n) is 12.9. The number of hydrogen-bond acceptors (Lipinski definition) is 4. The average molecular weight is 284 g/mol. The van der Waals surface area contributed by atoms with Crippen LogP contribution in [0.4, 0.5) is 0 Å². The Morgan fingerprint density at radius 2 is 1.90 bits per heavy atom. The van der Waals surface area contributed by atoms with Gasteiger partial charge < -0.3 is 15.8 Å². The van der Waals surface area contributed by atoms with Crippen molar-refractivity contribution in [2.24, 2.45) is 17.6 Å². The number of amides is 1. The van der Waals surface area contributed by atoms with Gasteiger partial charge in [-0.05, 0) is 25.2 Å². The molecule has 0 heterocycles. The molecule has 0 aromatic rings. The lowest BCUT2D eigenvalue weighted by Crippen LogP contribution is -2.48. The maximum absolute atomic E-state index is 12.4. The highest BCUT2D eigenvalue weighted by molar-refractivity contribution is 5.86. The van der Waals surface area contributed by atoms with Crippen molar-refractivity contribution >= 4 is 11.9 Å². The van der Waals surface area contributed by atoms with Crippen molar-refractivity contribution in [2.45, 2.75) is 64.5 Å². The quantitative estimate of drug-likeness (QED) is 0.593. The van der Waals surface area contributed by atoms with Gasteiger partial charge in [-0.15, -0.1) is 0 Å². The summed E-state index contributed by atoms with van der Waals surface area (Å²) in [5.74, 6) is -0.358. The first kappa shape index (κ1) is 17.0. The molecule has 5 heteroatoms. The molecule has 0 spiro atoms. The van der Waals surface area contributed by atoms with Gasteiger partial charge in [-0.3, -0.25) is 4.79 Å². The fourth-order valence-electron chi connectivity index (χ4n) is 2.77. The molecule has 3 N–H and O–H groups in total. The Balaban J connectivity index is 2.65. The smallest absolute Gasteiger partial charge is 0.328 e. The summed E-state index contributed by atoms with van der Waals surface area (Å²) in [6.07, 6.45) is 5.51. The van der Waals surface area contributed by atoms with Crippen LogP contribution in [0.3, 0.4) is 0 Å². The number of carbonyl (C=O) groups is 2. The normalized spacial score (nSPS) is 24.9. The zero-order chi connectivity index (χ0) is 15.1. The van der Waals surface area contributed by atoms with Crippen LogP contribution in [0.2, 0.25) is 0 Å². The minimum atomic E-state index is -0.567. The van der Waals surface area contributed by atoms with Gasteiger partial charge >= 0.3 is 5.97 Å². The maximum Gasteiger partial charge on any atom is 0.328 e. The summed E-state index contributed by atoms with van der Waals surface area (Å²) in [5.41, 5.74) is 6.09. The predicted octanol–water partition coefficient (Wildman–Crippen LogP) is 1.60. The molecule has 0 aromatic carbocycles. The topological polar surface area (TPSA) is 81.4 Å². The first-order chi connectivity index (χ1) is 9.45. The summed E-state index contributed by atoms with van der Waals surface area (Å²) in [6.45, 7) is 4.03. The number of methoxy groups -OCH3 is 1. The summed E-state index contributed by atoms with van der Waals surface area (Å²) in [7, 11) is 1.35. The van der Waals surface area contributed by atoms with Gasteiger partial charge in [-0.2, -0.15) is 0 Å². The molecular formula is C15H28N2O3. The van der Waals surface area contributed by atoms with E-state index in [4.69, 9.17) is 10.5 Å². The number of ether oxygens (including phenoxy) is 1. The van der Waals surface area contributed by atoms with Gasteiger partial charge in [0.1, 0.15) is 6.04 Å². The largest absolute Gasteiger partial charge is 0.467 e. The Morgan fingerprint density at radius 3 is 2.50 bits per heavy atom. The van der Waals surface area contributed by atoms with Crippen LogP contribution in [0.1, 0.15) is 52.4 Å². The number of rotatable bonds is 5. The summed E-state index contributed by atoms with van der Waals surface area (Å²) in [5, 5.41) is 2.83.